The zero-order chi connectivity index (χ0) is 18.6. The minimum atomic E-state index is -0.617. The second kappa shape index (κ2) is 6.15. The number of ketones is 1. The van der Waals surface area contributed by atoms with Gasteiger partial charge in [-0.1, -0.05) is 28.1 Å². The van der Waals surface area contributed by atoms with Crippen molar-refractivity contribution < 1.29 is 28.8 Å². The molecule has 3 fully saturated rings. The molecule has 1 saturated heterocycles. The number of ether oxygens (including phenoxy) is 2. The van der Waals surface area contributed by atoms with Crippen molar-refractivity contribution in [2.75, 3.05) is 6.61 Å². The highest BCUT2D eigenvalue weighted by Gasteiger charge is 2.68. The number of nitrogens with zero attached hydrogens (tertiary/aromatic N) is 1. The average Bonchev–Trinajstić information content (AvgIpc) is 3.23. The van der Waals surface area contributed by atoms with Crippen molar-refractivity contribution in [1.29, 1.82) is 0 Å². The Morgan fingerprint density at radius 1 is 1.35 bits per heavy atom. The van der Waals surface area contributed by atoms with Gasteiger partial charge in [-0.2, -0.15) is 0 Å². The van der Waals surface area contributed by atoms with E-state index in [4.69, 9.17) is 9.47 Å². The van der Waals surface area contributed by atoms with Gasteiger partial charge in [0.2, 0.25) is 5.78 Å². The van der Waals surface area contributed by atoms with Gasteiger partial charge in [-0.05, 0) is 12.3 Å². The molecule has 3 aliphatic rings. The van der Waals surface area contributed by atoms with Crippen LogP contribution in [0.4, 0.5) is 5.69 Å². The van der Waals surface area contributed by atoms with E-state index < -0.39 is 35.1 Å². The molecule has 0 aromatic heterocycles. The molecule has 2 aliphatic carbocycles. The fourth-order valence-corrected chi connectivity index (χ4v) is 5.45. The number of non-ortho nitro benzene ring substituents is 1. The molecular formula is C17H14BrNO7. The van der Waals surface area contributed by atoms with Gasteiger partial charge in [-0.25, -0.2) is 0 Å². The molecule has 2 saturated carbocycles. The minimum Gasteiger partial charge on any atom is -0.461 e. The highest BCUT2D eigenvalue weighted by molar-refractivity contribution is 9.09. The summed E-state index contributed by atoms with van der Waals surface area (Å²) >= 11 is 3.51. The van der Waals surface area contributed by atoms with Crippen LogP contribution in [0.2, 0.25) is 0 Å². The second-order valence-electron chi connectivity index (χ2n) is 6.80. The Labute approximate surface area is 156 Å². The van der Waals surface area contributed by atoms with Crippen molar-refractivity contribution in [1.82, 2.24) is 0 Å². The molecule has 4 rings (SSSR count). The summed E-state index contributed by atoms with van der Waals surface area (Å²) < 4.78 is 10.5. The van der Waals surface area contributed by atoms with Crippen LogP contribution in [0.25, 0.3) is 0 Å². The maximum atomic E-state index is 12.5. The molecule has 6 atom stereocenters. The molecule has 0 spiro atoms. The number of benzene rings is 1. The number of hydrogen-bond acceptors (Lipinski definition) is 7. The van der Waals surface area contributed by atoms with Crippen LogP contribution in [0.15, 0.2) is 24.3 Å². The molecule has 1 heterocycles. The number of rotatable bonds is 5. The standard InChI is InChI=1S/C17H14BrNO7/c18-14-9-5-10-13(17(22)26-15(10)14)12(9)16(21)25-6-11(20)7-2-1-3-8(4-7)19(23)24/h1-4,9-10,12-15H,5-6H2/t9-,10-,12-,13+,14+,15+/m1/s1. The Hall–Kier alpha value is -2.29. The van der Waals surface area contributed by atoms with Crippen LogP contribution in [0, 0.1) is 33.8 Å². The molecule has 2 bridgehead atoms. The van der Waals surface area contributed by atoms with Crippen LogP contribution in [0.1, 0.15) is 16.8 Å². The molecule has 9 heteroatoms. The molecule has 0 unspecified atom stereocenters. The first kappa shape index (κ1) is 17.1. The molecule has 1 aromatic rings. The Morgan fingerprint density at radius 2 is 2.12 bits per heavy atom. The van der Waals surface area contributed by atoms with E-state index in [0.717, 1.165) is 12.5 Å². The zero-order valence-electron chi connectivity index (χ0n) is 13.4. The lowest BCUT2D eigenvalue weighted by Crippen LogP contribution is -2.39. The Balaban J connectivity index is 1.43. The number of carbonyl (C=O) groups is 3. The zero-order valence-corrected chi connectivity index (χ0v) is 15.0. The topological polar surface area (TPSA) is 113 Å². The predicted octanol–water partition coefficient (Wildman–Crippen LogP) is 1.89. The minimum absolute atomic E-state index is 0.0156. The maximum Gasteiger partial charge on any atom is 0.310 e. The third kappa shape index (κ3) is 2.53. The van der Waals surface area contributed by atoms with E-state index in [0.29, 0.717) is 0 Å². The van der Waals surface area contributed by atoms with Gasteiger partial charge in [0.1, 0.15) is 6.10 Å². The van der Waals surface area contributed by atoms with E-state index in [2.05, 4.69) is 15.9 Å². The Morgan fingerprint density at radius 3 is 2.85 bits per heavy atom. The summed E-state index contributed by atoms with van der Waals surface area (Å²) in [6.45, 7) is -0.522. The number of esters is 2. The Kier molecular flexibility index (Phi) is 4.06. The van der Waals surface area contributed by atoms with Crippen molar-refractivity contribution >= 4 is 39.3 Å². The summed E-state index contributed by atoms with van der Waals surface area (Å²) in [6, 6.07) is 5.23. The fourth-order valence-electron chi connectivity index (χ4n) is 4.40. The van der Waals surface area contributed by atoms with Crippen LogP contribution >= 0.6 is 15.9 Å². The van der Waals surface area contributed by atoms with Gasteiger partial charge >= 0.3 is 11.9 Å². The molecule has 136 valence electrons. The molecule has 1 aliphatic heterocycles. The lowest BCUT2D eigenvalue weighted by molar-refractivity contribution is -0.384. The van der Waals surface area contributed by atoms with E-state index in [9.17, 15) is 24.5 Å². The number of nitro groups is 1. The van der Waals surface area contributed by atoms with Gasteiger partial charge < -0.3 is 9.47 Å². The number of fused-ring (bicyclic) bond motifs is 1. The molecule has 1 aromatic carbocycles. The molecule has 8 nitrogen and oxygen atoms in total. The summed E-state index contributed by atoms with van der Waals surface area (Å²) in [6.07, 6.45) is 0.531. The number of Topliss-reactive ketones (excluding diaryl/α,β-unsaturated/α-hetero) is 1. The van der Waals surface area contributed by atoms with Gasteiger partial charge in [0.05, 0.1) is 21.6 Å². The fraction of sp³-hybridized carbons (Fsp3) is 0.471. The maximum absolute atomic E-state index is 12.5. The molecular weight excluding hydrogens is 410 g/mol. The first-order valence-corrected chi connectivity index (χ1v) is 9.09. The van der Waals surface area contributed by atoms with Crippen LogP contribution < -0.4 is 0 Å². The lowest BCUT2D eigenvalue weighted by atomic mass is 9.80. The van der Waals surface area contributed by atoms with Crippen LogP contribution in [0.5, 0.6) is 0 Å². The summed E-state index contributed by atoms with van der Waals surface area (Å²) in [5, 5.41) is 10.8. The molecule has 0 amide bonds. The van der Waals surface area contributed by atoms with Crippen molar-refractivity contribution in [3.63, 3.8) is 0 Å². The number of halogens is 1. The third-order valence-corrected chi connectivity index (χ3v) is 6.72. The van der Waals surface area contributed by atoms with Crippen LogP contribution in [-0.2, 0) is 19.1 Å². The second-order valence-corrected chi connectivity index (χ2v) is 7.86. The van der Waals surface area contributed by atoms with Gasteiger partial charge in [0, 0.05) is 23.6 Å². The van der Waals surface area contributed by atoms with Crippen LogP contribution in [0.3, 0.4) is 0 Å². The van der Waals surface area contributed by atoms with Gasteiger partial charge in [0.25, 0.3) is 5.69 Å². The van der Waals surface area contributed by atoms with E-state index >= 15 is 0 Å². The highest BCUT2D eigenvalue weighted by atomic mass is 79.9. The van der Waals surface area contributed by atoms with Gasteiger partial charge in [0.15, 0.2) is 6.61 Å². The first-order valence-electron chi connectivity index (χ1n) is 8.17. The monoisotopic (exact) mass is 423 g/mol. The van der Waals surface area contributed by atoms with E-state index in [1.54, 1.807) is 0 Å². The first-order chi connectivity index (χ1) is 12.4. The lowest BCUT2D eigenvalue weighted by Gasteiger charge is -2.26. The summed E-state index contributed by atoms with van der Waals surface area (Å²) in [7, 11) is 0. The molecule has 26 heavy (non-hydrogen) atoms. The molecule has 0 N–H and O–H groups in total. The SMILES string of the molecule is O=C(COC(=O)[C@@H]1[C@H]2C[C@H]3[C@H](OC(=O)[C@@H]31)[C@H]2Br)c1cccc([N+](=O)[O-])c1. The quantitative estimate of drug-likeness (QED) is 0.233. The molecule has 0 radical (unpaired) electrons. The van der Waals surface area contributed by atoms with E-state index in [1.807, 2.05) is 0 Å². The van der Waals surface area contributed by atoms with Crippen molar-refractivity contribution in [3.05, 3.63) is 39.9 Å². The normalized spacial score (nSPS) is 33.8. The third-order valence-electron chi connectivity index (χ3n) is 5.52. The Bertz CT molecular complexity index is 825. The smallest absolute Gasteiger partial charge is 0.310 e. The number of alkyl halides is 1. The summed E-state index contributed by atoms with van der Waals surface area (Å²) in [5.41, 5.74) is -0.115. The van der Waals surface area contributed by atoms with Gasteiger partial charge in [-0.3, -0.25) is 24.5 Å². The van der Waals surface area contributed by atoms with Crippen molar-refractivity contribution in [2.45, 2.75) is 17.4 Å². The van der Waals surface area contributed by atoms with Crippen molar-refractivity contribution in [2.24, 2.45) is 23.7 Å². The largest absolute Gasteiger partial charge is 0.461 e. The van der Waals surface area contributed by atoms with Crippen LogP contribution in [-0.4, -0.2) is 40.2 Å². The number of hydrogen-bond donors (Lipinski definition) is 0. The summed E-state index contributed by atoms with van der Waals surface area (Å²) in [4.78, 5) is 46.8. The van der Waals surface area contributed by atoms with Gasteiger partial charge in [-0.15, -0.1) is 0 Å². The number of nitro benzene ring substituents is 1. The number of carbonyl (C=O) groups excluding carboxylic acids is 3. The van der Waals surface area contributed by atoms with E-state index in [-0.39, 0.29) is 40.0 Å². The highest BCUT2D eigenvalue weighted by Crippen LogP contribution is 2.60. The summed E-state index contributed by atoms with van der Waals surface area (Å²) in [5.74, 6) is -2.66. The average molecular weight is 424 g/mol. The van der Waals surface area contributed by atoms with Crippen molar-refractivity contribution in [3.8, 4) is 0 Å². The van der Waals surface area contributed by atoms with E-state index in [1.165, 1.54) is 18.2 Å². The predicted molar refractivity (Wildman–Crippen MR) is 89.6 cm³/mol.